The smallest absolute Gasteiger partial charge is 0.263 e. The molecular formula is C22H22N4O2S3. The van der Waals surface area contributed by atoms with Gasteiger partial charge in [-0.3, -0.25) is 14.2 Å². The summed E-state index contributed by atoms with van der Waals surface area (Å²) in [6.45, 7) is 8.35. The van der Waals surface area contributed by atoms with Crippen molar-refractivity contribution in [3.8, 4) is 11.3 Å². The van der Waals surface area contributed by atoms with E-state index in [2.05, 4.69) is 15.3 Å². The van der Waals surface area contributed by atoms with E-state index in [1.165, 1.54) is 23.1 Å². The van der Waals surface area contributed by atoms with Gasteiger partial charge in [0.1, 0.15) is 4.83 Å². The molecule has 0 saturated heterocycles. The molecule has 31 heavy (non-hydrogen) atoms. The average molecular weight is 471 g/mol. The van der Waals surface area contributed by atoms with Crippen molar-refractivity contribution < 1.29 is 4.79 Å². The van der Waals surface area contributed by atoms with Crippen LogP contribution in [0.5, 0.6) is 0 Å². The van der Waals surface area contributed by atoms with Gasteiger partial charge in [-0.1, -0.05) is 23.9 Å². The summed E-state index contributed by atoms with van der Waals surface area (Å²) in [6.07, 6.45) is 0. The lowest BCUT2D eigenvalue weighted by Crippen LogP contribution is -2.23. The van der Waals surface area contributed by atoms with E-state index in [1.807, 2.05) is 57.3 Å². The molecule has 3 heterocycles. The molecule has 0 fully saturated rings. The molecule has 0 bridgehead atoms. The first kappa shape index (κ1) is 21.7. The molecule has 0 atom stereocenters. The molecule has 3 aromatic heterocycles. The zero-order valence-corrected chi connectivity index (χ0v) is 20.1. The molecule has 160 valence electrons. The van der Waals surface area contributed by atoms with Crippen molar-refractivity contribution in [3.63, 3.8) is 0 Å². The van der Waals surface area contributed by atoms with Crippen LogP contribution >= 0.6 is 34.4 Å². The number of thioether (sulfide) groups is 1. The summed E-state index contributed by atoms with van der Waals surface area (Å²) in [5.74, 6) is 0.0218. The van der Waals surface area contributed by atoms with E-state index in [4.69, 9.17) is 0 Å². The molecule has 6 nitrogen and oxygen atoms in total. The Hall–Kier alpha value is -2.49. The SMILES string of the molecule is CCn1c(SCC(=O)Nc2cccc(-c3csc(C)n3)c2)nc2sc(C)c(C)c2c1=O. The molecule has 0 aliphatic rings. The zero-order chi connectivity index (χ0) is 22.1. The highest BCUT2D eigenvalue weighted by Gasteiger charge is 2.17. The lowest BCUT2D eigenvalue weighted by Gasteiger charge is -2.10. The maximum absolute atomic E-state index is 12.9. The van der Waals surface area contributed by atoms with Gasteiger partial charge in [-0.15, -0.1) is 22.7 Å². The van der Waals surface area contributed by atoms with Crippen LogP contribution in [0.1, 0.15) is 22.4 Å². The number of aromatic nitrogens is 3. The Labute approximate surface area is 192 Å². The molecule has 4 aromatic rings. The second-order valence-corrected chi connectivity index (χ2v) is 10.3. The third-order valence-electron chi connectivity index (χ3n) is 4.96. The van der Waals surface area contributed by atoms with Gasteiger partial charge in [-0.25, -0.2) is 9.97 Å². The molecule has 0 spiro atoms. The molecular weight excluding hydrogens is 448 g/mol. The number of benzene rings is 1. The fourth-order valence-corrected chi connectivity index (χ4v) is 5.83. The van der Waals surface area contributed by atoms with Crippen LogP contribution in [0.2, 0.25) is 0 Å². The molecule has 1 amide bonds. The van der Waals surface area contributed by atoms with Gasteiger partial charge in [0.25, 0.3) is 5.56 Å². The summed E-state index contributed by atoms with van der Waals surface area (Å²) in [6, 6.07) is 7.65. The topological polar surface area (TPSA) is 76.9 Å². The molecule has 0 unspecified atom stereocenters. The zero-order valence-electron chi connectivity index (χ0n) is 17.7. The van der Waals surface area contributed by atoms with E-state index in [-0.39, 0.29) is 17.2 Å². The van der Waals surface area contributed by atoms with Crippen molar-refractivity contribution in [2.75, 3.05) is 11.1 Å². The summed E-state index contributed by atoms with van der Waals surface area (Å²) >= 11 is 4.40. The van der Waals surface area contributed by atoms with Gasteiger partial charge in [-0.2, -0.15) is 0 Å². The highest BCUT2D eigenvalue weighted by molar-refractivity contribution is 7.99. The summed E-state index contributed by atoms with van der Waals surface area (Å²) < 4.78 is 1.64. The van der Waals surface area contributed by atoms with Gasteiger partial charge in [-0.05, 0) is 45.4 Å². The summed E-state index contributed by atoms with van der Waals surface area (Å²) in [7, 11) is 0. The summed E-state index contributed by atoms with van der Waals surface area (Å²) in [5.41, 5.74) is 3.53. The molecule has 4 rings (SSSR count). The normalized spacial score (nSPS) is 11.2. The lowest BCUT2D eigenvalue weighted by molar-refractivity contribution is -0.113. The van der Waals surface area contributed by atoms with E-state index in [1.54, 1.807) is 15.9 Å². The average Bonchev–Trinajstić information content (AvgIpc) is 3.30. The Bertz CT molecular complexity index is 1340. The van der Waals surface area contributed by atoms with Crippen LogP contribution in [-0.4, -0.2) is 26.2 Å². The number of thiazole rings is 1. The molecule has 1 N–H and O–H groups in total. The molecule has 1 aromatic carbocycles. The van der Waals surface area contributed by atoms with Crippen molar-refractivity contribution in [2.24, 2.45) is 0 Å². The lowest BCUT2D eigenvalue weighted by atomic mass is 10.1. The van der Waals surface area contributed by atoms with Crippen LogP contribution < -0.4 is 10.9 Å². The number of anilines is 1. The predicted octanol–water partition coefficient (Wildman–Crippen LogP) is 5.26. The number of rotatable bonds is 6. The Morgan fingerprint density at radius 3 is 2.74 bits per heavy atom. The number of aryl methyl sites for hydroxylation is 3. The maximum Gasteiger partial charge on any atom is 0.263 e. The predicted molar refractivity (Wildman–Crippen MR) is 131 cm³/mol. The minimum Gasteiger partial charge on any atom is -0.325 e. The third-order valence-corrected chi connectivity index (χ3v) is 7.81. The number of carbonyl (C=O) groups is 1. The molecule has 9 heteroatoms. The second-order valence-electron chi connectivity index (χ2n) is 7.08. The van der Waals surface area contributed by atoms with Crippen molar-refractivity contribution in [3.05, 3.63) is 55.4 Å². The second kappa shape index (κ2) is 8.94. The Morgan fingerprint density at radius 2 is 2.03 bits per heavy atom. The van der Waals surface area contributed by atoms with Gasteiger partial charge in [0.05, 0.1) is 21.8 Å². The van der Waals surface area contributed by atoms with Crippen molar-refractivity contribution >= 4 is 56.2 Å². The van der Waals surface area contributed by atoms with Crippen molar-refractivity contribution in [1.82, 2.24) is 14.5 Å². The number of hydrogen-bond acceptors (Lipinski definition) is 7. The van der Waals surface area contributed by atoms with E-state index in [9.17, 15) is 9.59 Å². The minimum atomic E-state index is -0.146. The number of nitrogens with zero attached hydrogens (tertiary/aromatic N) is 3. The van der Waals surface area contributed by atoms with Crippen LogP contribution in [0.15, 0.2) is 39.6 Å². The van der Waals surface area contributed by atoms with Crippen molar-refractivity contribution in [1.29, 1.82) is 0 Å². The van der Waals surface area contributed by atoms with Crippen molar-refractivity contribution in [2.45, 2.75) is 39.4 Å². The number of carbonyl (C=O) groups excluding carboxylic acids is 1. The quantitative estimate of drug-likeness (QED) is 0.307. The first-order valence-electron chi connectivity index (χ1n) is 9.83. The van der Waals surface area contributed by atoms with Gasteiger partial charge in [0, 0.05) is 28.1 Å². The molecule has 0 aliphatic carbocycles. The molecule has 0 radical (unpaired) electrons. The highest BCUT2D eigenvalue weighted by atomic mass is 32.2. The van der Waals surface area contributed by atoms with Crippen LogP contribution in [-0.2, 0) is 11.3 Å². The van der Waals surface area contributed by atoms with E-state index in [0.29, 0.717) is 17.1 Å². The highest BCUT2D eigenvalue weighted by Crippen LogP contribution is 2.29. The fourth-order valence-electron chi connectivity index (χ4n) is 3.28. The fraction of sp³-hybridized carbons (Fsp3) is 0.273. The summed E-state index contributed by atoms with van der Waals surface area (Å²) in [5, 5.41) is 7.20. The van der Waals surface area contributed by atoms with Gasteiger partial charge < -0.3 is 5.32 Å². The van der Waals surface area contributed by atoms with Gasteiger partial charge in [0.15, 0.2) is 5.16 Å². The monoisotopic (exact) mass is 470 g/mol. The number of thiophene rings is 1. The Morgan fingerprint density at radius 1 is 1.23 bits per heavy atom. The number of amides is 1. The maximum atomic E-state index is 12.9. The van der Waals surface area contributed by atoms with Crippen LogP contribution in [0.4, 0.5) is 5.69 Å². The van der Waals surface area contributed by atoms with Crippen LogP contribution in [0.3, 0.4) is 0 Å². The van der Waals surface area contributed by atoms with Crippen LogP contribution in [0.25, 0.3) is 21.5 Å². The number of nitrogens with one attached hydrogen (secondary N) is 1. The van der Waals surface area contributed by atoms with Crippen LogP contribution in [0, 0.1) is 20.8 Å². The standard InChI is InChI=1S/C22H22N4O2S3/c1-5-26-21(28)19-12(2)13(3)31-20(19)25-22(26)30-11-18(27)24-16-8-6-7-15(9-16)17-10-29-14(4)23-17/h6-10H,5,11H2,1-4H3,(H,24,27). The van der Waals surface area contributed by atoms with E-state index >= 15 is 0 Å². The largest absolute Gasteiger partial charge is 0.325 e. The first-order valence-corrected chi connectivity index (χ1v) is 12.5. The number of hydrogen-bond donors (Lipinski definition) is 1. The Kier molecular flexibility index (Phi) is 6.27. The first-order chi connectivity index (χ1) is 14.9. The van der Waals surface area contributed by atoms with E-state index < -0.39 is 0 Å². The van der Waals surface area contributed by atoms with Gasteiger partial charge in [0.2, 0.25) is 5.91 Å². The summed E-state index contributed by atoms with van der Waals surface area (Å²) in [4.78, 5) is 36.5. The molecule has 0 aliphatic heterocycles. The molecule has 0 saturated carbocycles. The van der Waals surface area contributed by atoms with Gasteiger partial charge >= 0.3 is 0 Å². The minimum absolute atomic E-state index is 0.0384. The number of fused-ring (bicyclic) bond motifs is 1. The Balaban J connectivity index is 1.50. The van der Waals surface area contributed by atoms with E-state index in [0.717, 1.165) is 37.2 Å². The third kappa shape index (κ3) is 4.44.